The lowest BCUT2D eigenvalue weighted by atomic mass is 9.71. The highest BCUT2D eigenvalue weighted by atomic mass is 15.2. The summed E-state index contributed by atoms with van der Waals surface area (Å²) in [6.45, 7) is 0. The van der Waals surface area contributed by atoms with Crippen LogP contribution in [0.1, 0.15) is 16.7 Å². The molecule has 1 aliphatic carbocycles. The van der Waals surface area contributed by atoms with E-state index in [4.69, 9.17) is 0 Å². The summed E-state index contributed by atoms with van der Waals surface area (Å²) in [6.07, 6.45) is 2.16. The standard InChI is InChI=1S/C22H19N/c1-23-21-13-7-3-9-17(21)15-22(23)14-16-8-2-4-10-18(16)19-11-5-6-12-20(19)22/h2-13H,14-15H2,1H3. The lowest BCUT2D eigenvalue weighted by Gasteiger charge is -2.43. The van der Waals surface area contributed by atoms with Gasteiger partial charge in [-0.1, -0.05) is 66.7 Å². The fraction of sp³-hybridized carbons (Fsp3) is 0.182. The molecule has 0 bridgehead atoms. The molecule has 1 heteroatoms. The maximum Gasteiger partial charge on any atom is 0.0737 e. The second kappa shape index (κ2) is 4.48. The molecule has 0 aromatic heterocycles. The maximum absolute atomic E-state index is 2.51. The highest BCUT2D eigenvalue weighted by Gasteiger charge is 2.46. The molecule has 0 radical (unpaired) electrons. The Balaban J connectivity index is 1.78. The summed E-state index contributed by atoms with van der Waals surface area (Å²) in [5, 5.41) is 0. The fourth-order valence-electron chi connectivity index (χ4n) is 4.58. The minimum Gasteiger partial charge on any atom is -0.364 e. The molecular weight excluding hydrogens is 278 g/mol. The number of rotatable bonds is 0. The Labute approximate surface area is 137 Å². The van der Waals surface area contributed by atoms with Crippen molar-refractivity contribution in [1.82, 2.24) is 0 Å². The van der Waals surface area contributed by atoms with E-state index in [2.05, 4.69) is 84.7 Å². The van der Waals surface area contributed by atoms with Gasteiger partial charge in [-0.15, -0.1) is 0 Å². The molecule has 1 spiro atoms. The van der Waals surface area contributed by atoms with E-state index < -0.39 is 0 Å². The number of fused-ring (bicyclic) bond motifs is 5. The van der Waals surface area contributed by atoms with E-state index in [1.807, 2.05) is 0 Å². The third-order valence-electron chi connectivity index (χ3n) is 5.70. The van der Waals surface area contributed by atoms with Gasteiger partial charge in [-0.05, 0) is 33.9 Å². The summed E-state index contributed by atoms with van der Waals surface area (Å²) in [5.74, 6) is 0. The zero-order valence-electron chi connectivity index (χ0n) is 13.3. The fourth-order valence-corrected chi connectivity index (χ4v) is 4.58. The summed E-state index contributed by atoms with van der Waals surface area (Å²) in [4.78, 5) is 2.51. The molecule has 1 heterocycles. The predicted octanol–water partition coefficient (Wildman–Crippen LogP) is 4.80. The van der Waals surface area contributed by atoms with Crippen molar-refractivity contribution in [1.29, 1.82) is 0 Å². The Morgan fingerprint density at radius 2 is 1.30 bits per heavy atom. The zero-order valence-corrected chi connectivity index (χ0v) is 13.3. The summed E-state index contributed by atoms with van der Waals surface area (Å²) >= 11 is 0. The predicted molar refractivity (Wildman–Crippen MR) is 95.8 cm³/mol. The molecule has 112 valence electrons. The number of hydrogen-bond acceptors (Lipinski definition) is 1. The van der Waals surface area contributed by atoms with E-state index in [0.717, 1.165) is 12.8 Å². The van der Waals surface area contributed by atoms with Gasteiger partial charge in [-0.3, -0.25) is 0 Å². The van der Waals surface area contributed by atoms with E-state index in [9.17, 15) is 0 Å². The number of nitrogens with zero attached hydrogens (tertiary/aromatic N) is 1. The van der Waals surface area contributed by atoms with Crippen LogP contribution >= 0.6 is 0 Å². The van der Waals surface area contributed by atoms with Crippen molar-refractivity contribution in [3.05, 3.63) is 89.5 Å². The average Bonchev–Trinajstić information content (AvgIpc) is 2.88. The molecule has 3 aromatic rings. The summed E-state index contributed by atoms with van der Waals surface area (Å²) in [6, 6.07) is 26.7. The second-order valence-electron chi connectivity index (χ2n) is 6.78. The molecule has 1 nitrogen and oxygen atoms in total. The quantitative estimate of drug-likeness (QED) is 0.576. The molecule has 1 aliphatic heterocycles. The van der Waals surface area contributed by atoms with Crippen LogP contribution in [0.15, 0.2) is 72.8 Å². The maximum atomic E-state index is 2.51. The van der Waals surface area contributed by atoms with Crippen molar-refractivity contribution < 1.29 is 0 Å². The van der Waals surface area contributed by atoms with E-state index in [0.29, 0.717) is 0 Å². The van der Waals surface area contributed by atoms with Gasteiger partial charge >= 0.3 is 0 Å². The molecule has 2 aliphatic rings. The lowest BCUT2D eigenvalue weighted by molar-refractivity contribution is 0.435. The van der Waals surface area contributed by atoms with Gasteiger partial charge in [0, 0.05) is 25.6 Å². The molecule has 5 rings (SSSR count). The van der Waals surface area contributed by atoms with Crippen molar-refractivity contribution in [3.63, 3.8) is 0 Å². The SMILES string of the molecule is CN1c2ccccc2CC12Cc1ccccc1-c1ccccc12. The lowest BCUT2D eigenvalue weighted by Crippen LogP contribution is -2.45. The Hall–Kier alpha value is -2.54. The van der Waals surface area contributed by atoms with Gasteiger partial charge in [0.05, 0.1) is 5.54 Å². The van der Waals surface area contributed by atoms with Gasteiger partial charge in [-0.2, -0.15) is 0 Å². The average molecular weight is 297 g/mol. The second-order valence-corrected chi connectivity index (χ2v) is 6.78. The van der Waals surface area contributed by atoms with Crippen molar-refractivity contribution in [2.24, 2.45) is 0 Å². The topological polar surface area (TPSA) is 3.24 Å². The molecule has 0 saturated heterocycles. The van der Waals surface area contributed by atoms with Crippen LogP contribution in [0.25, 0.3) is 11.1 Å². The summed E-state index contributed by atoms with van der Waals surface area (Å²) in [7, 11) is 2.26. The van der Waals surface area contributed by atoms with Crippen LogP contribution in [0.3, 0.4) is 0 Å². The van der Waals surface area contributed by atoms with Crippen molar-refractivity contribution in [2.45, 2.75) is 18.4 Å². The van der Waals surface area contributed by atoms with Gasteiger partial charge in [-0.25, -0.2) is 0 Å². The Bertz CT molecular complexity index is 911. The molecule has 0 fully saturated rings. The molecule has 1 atom stereocenters. The number of para-hydroxylation sites is 1. The van der Waals surface area contributed by atoms with Crippen LogP contribution in [-0.4, -0.2) is 7.05 Å². The van der Waals surface area contributed by atoms with E-state index in [-0.39, 0.29) is 5.54 Å². The third kappa shape index (κ3) is 1.62. The van der Waals surface area contributed by atoms with Crippen molar-refractivity contribution in [2.75, 3.05) is 11.9 Å². The Morgan fingerprint density at radius 1 is 0.696 bits per heavy atom. The smallest absolute Gasteiger partial charge is 0.0737 e. The van der Waals surface area contributed by atoms with Gasteiger partial charge in [0.1, 0.15) is 0 Å². The van der Waals surface area contributed by atoms with E-state index in [1.54, 1.807) is 0 Å². The van der Waals surface area contributed by atoms with Crippen LogP contribution in [0, 0.1) is 0 Å². The minimum atomic E-state index is 0.0502. The molecular formula is C22H19N. The molecule has 1 unspecified atom stereocenters. The molecule has 23 heavy (non-hydrogen) atoms. The zero-order chi connectivity index (χ0) is 15.4. The number of likely N-dealkylation sites (N-methyl/N-ethyl adjacent to an activating group) is 1. The van der Waals surface area contributed by atoms with E-state index >= 15 is 0 Å². The van der Waals surface area contributed by atoms with Crippen LogP contribution < -0.4 is 4.90 Å². The van der Waals surface area contributed by atoms with Crippen molar-refractivity contribution >= 4 is 5.69 Å². The van der Waals surface area contributed by atoms with E-state index in [1.165, 1.54) is 33.5 Å². The molecule has 3 aromatic carbocycles. The van der Waals surface area contributed by atoms with Gasteiger partial charge in [0.2, 0.25) is 0 Å². The Kier molecular flexibility index (Phi) is 2.52. The highest BCUT2D eigenvalue weighted by Crippen LogP contribution is 2.52. The largest absolute Gasteiger partial charge is 0.364 e. The van der Waals surface area contributed by atoms with Crippen LogP contribution in [-0.2, 0) is 18.4 Å². The number of benzene rings is 3. The monoisotopic (exact) mass is 297 g/mol. The molecule has 0 N–H and O–H groups in total. The third-order valence-corrected chi connectivity index (χ3v) is 5.70. The Morgan fingerprint density at radius 3 is 2.13 bits per heavy atom. The summed E-state index contributed by atoms with van der Waals surface area (Å²) in [5.41, 5.74) is 8.62. The highest BCUT2D eigenvalue weighted by molar-refractivity contribution is 5.78. The first-order valence-corrected chi connectivity index (χ1v) is 8.29. The molecule has 0 amide bonds. The first kappa shape index (κ1) is 13.0. The van der Waals surface area contributed by atoms with Gasteiger partial charge in [0.15, 0.2) is 0 Å². The number of anilines is 1. The van der Waals surface area contributed by atoms with Gasteiger partial charge in [0.25, 0.3) is 0 Å². The van der Waals surface area contributed by atoms with Crippen molar-refractivity contribution in [3.8, 4) is 11.1 Å². The minimum absolute atomic E-state index is 0.0502. The summed E-state index contributed by atoms with van der Waals surface area (Å²) < 4.78 is 0. The van der Waals surface area contributed by atoms with Gasteiger partial charge < -0.3 is 4.90 Å². The van der Waals surface area contributed by atoms with Crippen LogP contribution in [0.4, 0.5) is 5.69 Å². The van der Waals surface area contributed by atoms with Crippen LogP contribution in [0.5, 0.6) is 0 Å². The first-order valence-electron chi connectivity index (χ1n) is 8.29. The first-order chi connectivity index (χ1) is 11.3. The molecule has 0 saturated carbocycles. The normalized spacial score (nSPS) is 21.0. The van der Waals surface area contributed by atoms with Crippen LogP contribution in [0.2, 0.25) is 0 Å². The number of hydrogen-bond donors (Lipinski definition) is 0.